The van der Waals surface area contributed by atoms with Gasteiger partial charge >= 0.3 is 18.5 Å². The summed E-state index contributed by atoms with van der Waals surface area (Å²) in [6.07, 6.45) is -15.1. The van der Waals surface area contributed by atoms with Crippen molar-refractivity contribution in [2.45, 2.75) is 58.0 Å². The number of aryl methyl sites for hydroxylation is 1. The smallest absolute Gasteiger partial charge is 0.374 e. The summed E-state index contributed by atoms with van der Waals surface area (Å²) in [5.41, 5.74) is -3.99. The number of benzene rings is 2. The van der Waals surface area contributed by atoms with Crippen molar-refractivity contribution in [1.29, 1.82) is 0 Å². The van der Waals surface area contributed by atoms with Crippen LogP contribution >= 0.6 is 0 Å². The van der Waals surface area contributed by atoms with Gasteiger partial charge in [0.2, 0.25) is 0 Å². The van der Waals surface area contributed by atoms with E-state index < -0.39 is 60.0 Å². The van der Waals surface area contributed by atoms with Gasteiger partial charge in [-0.25, -0.2) is 0 Å². The van der Waals surface area contributed by atoms with Crippen molar-refractivity contribution in [2.24, 2.45) is 7.05 Å². The number of alkyl halides is 9. The predicted molar refractivity (Wildman–Crippen MR) is 121 cm³/mol. The molecule has 0 radical (unpaired) electrons. The first-order valence-corrected chi connectivity index (χ1v) is 11.6. The van der Waals surface area contributed by atoms with Gasteiger partial charge in [-0.05, 0) is 65.6 Å². The molecular formula is C24H24F9N5O. The molecule has 0 spiro atoms. The third-order valence-electron chi connectivity index (χ3n) is 5.72. The summed E-state index contributed by atoms with van der Waals surface area (Å²) in [5.74, 6) is -0.212. The van der Waals surface area contributed by atoms with Crippen molar-refractivity contribution in [2.75, 3.05) is 11.5 Å². The van der Waals surface area contributed by atoms with Crippen LogP contribution in [-0.4, -0.2) is 26.8 Å². The average molecular weight is 569 g/mol. The maximum atomic E-state index is 13.6. The molecule has 0 saturated carbocycles. The Hall–Kier alpha value is -3.36. The van der Waals surface area contributed by atoms with Crippen molar-refractivity contribution in [3.63, 3.8) is 0 Å². The highest BCUT2D eigenvalue weighted by atomic mass is 19.4. The quantitative estimate of drug-likeness (QED) is 0.261. The molecule has 214 valence electrons. The number of anilines is 1. The zero-order valence-electron chi connectivity index (χ0n) is 20.9. The highest BCUT2D eigenvalue weighted by Crippen LogP contribution is 2.38. The predicted octanol–water partition coefficient (Wildman–Crippen LogP) is 6.96. The summed E-state index contributed by atoms with van der Waals surface area (Å²) in [6.45, 7) is 2.71. The van der Waals surface area contributed by atoms with Crippen LogP contribution in [0.1, 0.15) is 59.8 Å². The van der Waals surface area contributed by atoms with Gasteiger partial charge in [0.1, 0.15) is 0 Å². The van der Waals surface area contributed by atoms with Gasteiger partial charge in [-0.1, -0.05) is 18.1 Å². The number of aromatic nitrogens is 4. The van der Waals surface area contributed by atoms with Gasteiger partial charge in [0.05, 0.1) is 29.8 Å². The molecule has 0 bridgehead atoms. The van der Waals surface area contributed by atoms with Crippen molar-refractivity contribution >= 4 is 5.95 Å². The van der Waals surface area contributed by atoms with Crippen molar-refractivity contribution in [3.8, 4) is 0 Å². The SMILES string of the molecule is CCOC(CC)c1ccc(C(F)(F)F)cc1CN(Cc1cc(C(F)(F)F)cc(C(F)(F)F)c1)c1nnn(C)n1. The average Bonchev–Trinajstić information content (AvgIpc) is 3.26. The number of hydrogen-bond acceptors (Lipinski definition) is 5. The van der Waals surface area contributed by atoms with Gasteiger partial charge < -0.3 is 9.64 Å². The van der Waals surface area contributed by atoms with E-state index in [1.807, 2.05) is 0 Å². The molecule has 1 unspecified atom stereocenters. The molecule has 1 aromatic heterocycles. The lowest BCUT2D eigenvalue weighted by molar-refractivity contribution is -0.143. The summed E-state index contributed by atoms with van der Waals surface area (Å²) in [7, 11) is 1.37. The number of rotatable bonds is 9. The molecule has 0 amide bonds. The van der Waals surface area contributed by atoms with Gasteiger partial charge in [-0.15, -0.1) is 5.10 Å². The van der Waals surface area contributed by atoms with E-state index in [1.165, 1.54) is 13.1 Å². The van der Waals surface area contributed by atoms with E-state index in [4.69, 9.17) is 4.74 Å². The van der Waals surface area contributed by atoms with Gasteiger partial charge in [0, 0.05) is 19.7 Å². The summed E-state index contributed by atoms with van der Waals surface area (Å²) in [4.78, 5) is 2.15. The fraction of sp³-hybridized carbons (Fsp3) is 0.458. The normalized spacial score (nSPS) is 13.5. The van der Waals surface area contributed by atoms with Crippen LogP contribution in [0.15, 0.2) is 36.4 Å². The first-order chi connectivity index (χ1) is 18.0. The maximum absolute atomic E-state index is 13.6. The fourth-order valence-electron chi connectivity index (χ4n) is 4.00. The highest BCUT2D eigenvalue weighted by Gasteiger charge is 2.37. The highest BCUT2D eigenvalue weighted by molar-refractivity contribution is 5.41. The monoisotopic (exact) mass is 569 g/mol. The summed E-state index contributed by atoms with van der Waals surface area (Å²) >= 11 is 0. The van der Waals surface area contributed by atoms with Gasteiger partial charge in [0.25, 0.3) is 5.95 Å². The third-order valence-corrected chi connectivity index (χ3v) is 5.72. The minimum absolute atomic E-state index is 0.00669. The van der Waals surface area contributed by atoms with E-state index in [9.17, 15) is 39.5 Å². The summed E-state index contributed by atoms with van der Waals surface area (Å²) in [5, 5.41) is 11.4. The fourth-order valence-corrected chi connectivity index (χ4v) is 4.00. The summed E-state index contributed by atoms with van der Waals surface area (Å²) in [6, 6.07) is 4.08. The van der Waals surface area contributed by atoms with Crippen molar-refractivity contribution in [3.05, 3.63) is 69.8 Å². The third kappa shape index (κ3) is 7.61. The summed E-state index contributed by atoms with van der Waals surface area (Å²) < 4.78 is 127. The van der Waals surface area contributed by atoms with E-state index in [0.29, 0.717) is 24.1 Å². The molecule has 15 heteroatoms. The molecule has 1 atom stereocenters. The zero-order chi connectivity index (χ0) is 29.2. The number of tetrazole rings is 1. The molecule has 0 fully saturated rings. The van der Waals surface area contributed by atoms with Crippen LogP contribution in [0, 0.1) is 0 Å². The Balaban J connectivity index is 2.14. The van der Waals surface area contributed by atoms with E-state index in [1.54, 1.807) is 13.8 Å². The molecule has 0 aliphatic heterocycles. The van der Waals surface area contributed by atoms with Crippen LogP contribution in [0.2, 0.25) is 0 Å². The van der Waals surface area contributed by atoms with Crippen LogP contribution in [-0.2, 0) is 43.4 Å². The molecule has 0 saturated heterocycles. The second kappa shape index (κ2) is 11.4. The van der Waals surface area contributed by atoms with E-state index in [2.05, 4.69) is 15.4 Å². The van der Waals surface area contributed by atoms with Crippen LogP contribution < -0.4 is 4.90 Å². The number of ether oxygens (including phenoxy) is 1. The number of hydrogen-bond donors (Lipinski definition) is 0. The van der Waals surface area contributed by atoms with Crippen molar-refractivity contribution < 1.29 is 44.3 Å². The Morgan fingerprint density at radius 1 is 0.821 bits per heavy atom. The Morgan fingerprint density at radius 3 is 1.87 bits per heavy atom. The van der Waals surface area contributed by atoms with Gasteiger partial charge in [-0.3, -0.25) is 0 Å². The van der Waals surface area contributed by atoms with Crippen LogP contribution in [0.3, 0.4) is 0 Å². The second-order valence-electron chi connectivity index (χ2n) is 8.61. The minimum atomic E-state index is -5.08. The molecule has 0 aliphatic rings. The lowest BCUT2D eigenvalue weighted by Crippen LogP contribution is -2.26. The number of nitrogens with zero attached hydrogens (tertiary/aromatic N) is 5. The molecule has 3 aromatic rings. The van der Waals surface area contributed by atoms with Gasteiger partial charge in [-0.2, -0.15) is 44.3 Å². The maximum Gasteiger partial charge on any atom is 0.416 e. The molecule has 1 heterocycles. The van der Waals surface area contributed by atoms with E-state index in [-0.39, 0.29) is 24.2 Å². The second-order valence-corrected chi connectivity index (χ2v) is 8.61. The zero-order valence-corrected chi connectivity index (χ0v) is 20.9. The van der Waals surface area contributed by atoms with E-state index in [0.717, 1.165) is 21.8 Å². The molecular weight excluding hydrogens is 545 g/mol. The number of halogens is 9. The lowest BCUT2D eigenvalue weighted by atomic mass is 9.97. The van der Waals surface area contributed by atoms with Crippen LogP contribution in [0.5, 0.6) is 0 Å². The Morgan fingerprint density at radius 2 is 1.41 bits per heavy atom. The molecule has 0 aliphatic carbocycles. The topological polar surface area (TPSA) is 56.1 Å². The van der Waals surface area contributed by atoms with Crippen LogP contribution in [0.4, 0.5) is 45.5 Å². The Kier molecular flexibility index (Phi) is 8.82. The Bertz CT molecular complexity index is 1240. The first kappa shape index (κ1) is 30.2. The van der Waals surface area contributed by atoms with Crippen molar-refractivity contribution in [1.82, 2.24) is 20.2 Å². The molecule has 6 nitrogen and oxygen atoms in total. The molecule has 0 N–H and O–H groups in total. The van der Waals surface area contributed by atoms with E-state index >= 15 is 0 Å². The molecule has 2 aromatic carbocycles. The minimum Gasteiger partial charge on any atom is -0.374 e. The molecule has 39 heavy (non-hydrogen) atoms. The van der Waals surface area contributed by atoms with Crippen LogP contribution in [0.25, 0.3) is 0 Å². The standard InChI is InChI=1S/C24H24F9N5O/c1-4-20(39-5-2)19-7-6-16(22(25,26)27)10-15(19)13-38(21-34-36-37(3)35-21)12-14-8-17(23(28,29)30)11-18(9-14)24(31,32)33/h6-11,20H,4-5,12-13H2,1-3H3. The lowest BCUT2D eigenvalue weighted by Gasteiger charge is -2.26. The molecule has 3 rings (SSSR count). The van der Waals surface area contributed by atoms with Gasteiger partial charge in [0.15, 0.2) is 0 Å². The first-order valence-electron chi connectivity index (χ1n) is 11.6. The Labute approximate surface area is 217 Å². The largest absolute Gasteiger partial charge is 0.416 e.